The van der Waals surface area contributed by atoms with E-state index in [1.807, 2.05) is 30.3 Å². The maximum Gasteiger partial charge on any atom is 0.378 e. The quantitative estimate of drug-likeness (QED) is 0.592. The van der Waals surface area contributed by atoms with Gasteiger partial charge in [-0.15, -0.1) is 0 Å². The van der Waals surface area contributed by atoms with Gasteiger partial charge in [0.25, 0.3) is 0 Å². The number of cyclic esters (lactones) is 1. The number of carbonyl (C=O) groups is 1. The van der Waals surface area contributed by atoms with Gasteiger partial charge < -0.3 is 29.5 Å². The summed E-state index contributed by atoms with van der Waals surface area (Å²) in [6.07, 6.45) is -2.51. The first-order valence-corrected chi connectivity index (χ1v) is 7.58. The summed E-state index contributed by atoms with van der Waals surface area (Å²) < 4.78 is 16.0. The molecule has 7 heteroatoms. The summed E-state index contributed by atoms with van der Waals surface area (Å²) in [6.45, 7) is 2.44. The zero-order valence-corrected chi connectivity index (χ0v) is 13.6. The van der Waals surface area contributed by atoms with Crippen molar-refractivity contribution in [3.8, 4) is 0 Å². The highest BCUT2D eigenvalue weighted by molar-refractivity contribution is 5.89. The molecule has 1 aliphatic heterocycles. The van der Waals surface area contributed by atoms with Crippen LogP contribution < -0.4 is 0 Å². The molecule has 0 amide bonds. The molecule has 0 unspecified atom stereocenters. The van der Waals surface area contributed by atoms with Crippen LogP contribution in [0.25, 0.3) is 0 Å². The summed E-state index contributed by atoms with van der Waals surface area (Å²) in [5.41, 5.74) is -0.316. The summed E-state index contributed by atoms with van der Waals surface area (Å²) in [5.74, 6) is -0.977. The Balaban J connectivity index is 2.19. The highest BCUT2D eigenvalue weighted by atomic mass is 16.6. The molecule has 1 aromatic rings. The number of benzene rings is 1. The fraction of sp³-hybridized carbons (Fsp3) is 0.471. The molecule has 0 saturated carbocycles. The average Bonchev–Trinajstić information content (AvgIpc) is 2.86. The van der Waals surface area contributed by atoms with Gasteiger partial charge in [0, 0.05) is 0 Å². The third-order valence-electron chi connectivity index (χ3n) is 3.25. The Morgan fingerprint density at radius 1 is 1.25 bits per heavy atom. The lowest BCUT2D eigenvalue weighted by Gasteiger charge is -2.22. The van der Waals surface area contributed by atoms with Gasteiger partial charge in [-0.05, 0) is 19.4 Å². The molecule has 1 aromatic carbocycles. The molecule has 0 fully saturated rings. The van der Waals surface area contributed by atoms with E-state index in [1.165, 1.54) is 13.8 Å². The number of hydrogen-bond acceptors (Lipinski definition) is 7. The molecule has 0 bridgehead atoms. The molecular formula is C17H22O7. The molecule has 0 radical (unpaired) electrons. The molecule has 0 aromatic heterocycles. The smallest absolute Gasteiger partial charge is 0.378 e. The number of aliphatic hydroxyl groups is 3. The van der Waals surface area contributed by atoms with Gasteiger partial charge in [-0.1, -0.05) is 30.3 Å². The fourth-order valence-electron chi connectivity index (χ4n) is 2.06. The van der Waals surface area contributed by atoms with Crippen LogP contribution in [0.5, 0.6) is 0 Å². The van der Waals surface area contributed by atoms with Crippen molar-refractivity contribution in [2.75, 3.05) is 13.2 Å². The van der Waals surface area contributed by atoms with Gasteiger partial charge in [0.05, 0.1) is 12.2 Å². The lowest BCUT2D eigenvalue weighted by molar-refractivity contribution is -0.149. The minimum atomic E-state index is -1.34. The summed E-state index contributed by atoms with van der Waals surface area (Å²) in [4.78, 5) is 12.0. The summed E-state index contributed by atoms with van der Waals surface area (Å²) in [7, 11) is 0. The standard InChI is InChI=1S/C17H22O7/c1-17(2,21)10-23-14-13(12(19)8-18)24-16(20)15(14)22-9-11-6-4-3-5-7-11/h3-7,12-13,18-19,21H,8-10H2,1-2H3/t12-,13+/m0/s1. The molecule has 0 spiro atoms. The predicted octanol–water partition coefficient (Wildman–Crippen LogP) is 0.481. The fourth-order valence-corrected chi connectivity index (χ4v) is 2.06. The predicted molar refractivity (Wildman–Crippen MR) is 83.5 cm³/mol. The first-order chi connectivity index (χ1) is 11.3. The van der Waals surface area contributed by atoms with Crippen molar-refractivity contribution in [1.82, 2.24) is 0 Å². The Hall–Kier alpha value is -2.09. The van der Waals surface area contributed by atoms with Crippen LogP contribution in [0.4, 0.5) is 0 Å². The van der Waals surface area contributed by atoms with E-state index in [0.29, 0.717) is 0 Å². The van der Waals surface area contributed by atoms with Crippen LogP contribution in [0.3, 0.4) is 0 Å². The topological polar surface area (TPSA) is 105 Å². The zero-order chi connectivity index (χ0) is 17.7. The lowest BCUT2D eigenvalue weighted by atomic mass is 10.1. The van der Waals surface area contributed by atoms with E-state index in [1.54, 1.807) is 0 Å². The number of hydrogen-bond donors (Lipinski definition) is 3. The van der Waals surface area contributed by atoms with E-state index in [-0.39, 0.29) is 24.7 Å². The Labute approximate surface area is 140 Å². The SMILES string of the molecule is CC(C)(O)COC1=C(OCc2ccccc2)C(=O)O[C@@H]1[C@@H](O)CO. The van der Waals surface area contributed by atoms with Gasteiger partial charge in [-0.3, -0.25) is 0 Å². The average molecular weight is 338 g/mol. The second kappa shape index (κ2) is 7.65. The molecule has 2 rings (SSSR count). The summed E-state index contributed by atoms with van der Waals surface area (Å²) in [6, 6.07) is 9.20. The normalized spacial score (nSPS) is 19.2. The van der Waals surface area contributed by atoms with Crippen LogP contribution >= 0.6 is 0 Å². The number of aliphatic hydroxyl groups excluding tert-OH is 2. The third-order valence-corrected chi connectivity index (χ3v) is 3.25. The number of esters is 1. The number of carbonyl (C=O) groups excluding carboxylic acids is 1. The molecule has 1 aliphatic rings. The second-order valence-electron chi connectivity index (χ2n) is 6.14. The van der Waals surface area contributed by atoms with E-state index in [9.17, 15) is 15.0 Å². The minimum absolute atomic E-state index is 0.0281. The van der Waals surface area contributed by atoms with E-state index in [4.69, 9.17) is 19.3 Å². The summed E-state index contributed by atoms with van der Waals surface area (Å²) >= 11 is 0. The largest absolute Gasteiger partial charge is 0.487 e. The van der Waals surface area contributed by atoms with Crippen molar-refractivity contribution >= 4 is 5.97 Å². The highest BCUT2D eigenvalue weighted by Crippen LogP contribution is 2.28. The Kier molecular flexibility index (Phi) is 5.82. The number of rotatable bonds is 8. The van der Waals surface area contributed by atoms with E-state index >= 15 is 0 Å². The first-order valence-electron chi connectivity index (χ1n) is 7.58. The summed E-state index contributed by atoms with van der Waals surface area (Å²) in [5, 5.41) is 28.7. The third kappa shape index (κ3) is 4.70. The van der Waals surface area contributed by atoms with E-state index in [2.05, 4.69) is 0 Å². The van der Waals surface area contributed by atoms with Gasteiger partial charge in [0.2, 0.25) is 5.76 Å². The molecule has 0 saturated heterocycles. The Morgan fingerprint density at radius 2 is 1.92 bits per heavy atom. The van der Waals surface area contributed by atoms with Gasteiger partial charge in [-0.2, -0.15) is 0 Å². The molecule has 2 atom stereocenters. The second-order valence-corrected chi connectivity index (χ2v) is 6.14. The number of ether oxygens (including phenoxy) is 3. The van der Waals surface area contributed by atoms with Crippen molar-refractivity contribution < 1.29 is 34.3 Å². The van der Waals surface area contributed by atoms with Crippen molar-refractivity contribution in [2.24, 2.45) is 0 Å². The first kappa shape index (κ1) is 18.3. The van der Waals surface area contributed by atoms with Gasteiger partial charge in [0.1, 0.15) is 19.3 Å². The lowest BCUT2D eigenvalue weighted by Crippen LogP contribution is -2.34. The molecule has 1 heterocycles. The van der Waals surface area contributed by atoms with Crippen molar-refractivity contribution in [2.45, 2.75) is 38.3 Å². The molecule has 24 heavy (non-hydrogen) atoms. The molecular weight excluding hydrogens is 316 g/mol. The molecule has 7 nitrogen and oxygen atoms in total. The van der Waals surface area contributed by atoms with Gasteiger partial charge >= 0.3 is 5.97 Å². The van der Waals surface area contributed by atoms with Gasteiger partial charge in [-0.25, -0.2) is 4.79 Å². The van der Waals surface area contributed by atoms with Crippen molar-refractivity contribution in [1.29, 1.82) is 0 Å². The van der Waals surface area contributed by atoms with Crippen LogP contribution in [0.2, 0.25) is 0 Å². The van der Waals surface area contributed by atoms with E-state index in [0.717, 1.165) is 5.56 Å². The maximum absolute atomic E-state index is 12.0. The van der Waals surface area contributed by atoms with Crippen LogP contribution in [-0.4, -0.2) is 52.3 Å². The Bertz CT molecular complexity index is 589. The Morgan fingerprint density at radius 3 is 2.50 bits per heavy atom. The van der Waals surface area contributed by atoms with E-state index < -0.39 is 30.4 Å². The van der Waals surface area contributed by atoms with Crippen LogP contribution in [0.1, 0.15) is 19.4 Å². The monoisotopic (exact) mass is 338 g/mol. The molecule has 3 N–H and O–H groups in total. The van der Waals surface area contributed by atoms with Crippen LogP contribution in [-0.2, 0) is 25.6 Å². The van der Waals surface area contributed by atoms with Gasteiger partial charge in [0.15, 0.2) is 11.9 Å². The molecule has 132 valence electrons. The van der Waals surface area contributed by atoms with Crippen LogP contribution in [0, 0.1) is 0 Å². The maximum atomic E-state index is 12.0. The zero-order valence-electron chi connectivity index (χ0n) is 13.6. The van der Waals surface area contributed by atoms with Crippen molar-refractivity contribution in [3.63, 3.8) is 0 Å². The minimum Gasteiger partial charge on any atom is -0.487 e. The highest BCUT2D eigenvalue weighted by Gasteiger charge is 2.42. The van der Waals surface area contributed by atoms with Crippen LogP contribution in [0.15, 0.2) is 41.9 Å². The molecule has 0 aliphatic carbocycles. The van der Waals surface area contributed by atoms with Crippen molar-refractivity contribution in [3.05, 3.63) is 47.4 Å².